The zero-order valence-corrected chi connectivity index (χ0v) is 18.7. The molecule has 6 rings (SSSR count). The van der Waals surface area contributed by atoms with Gasteiger partial charge in [0.1, 0.15) is 11.6 Å². The molecule has 0 saturated carbocycles. The van der Waals surface area contributed by atoms with Crippen molar-refractivity contribution in [3.05, 3.63) is 53.0 Å². The largest absolute Gasteiger partial charge is 0.494 e. The minimum atomic E-state index is -0.293. The molecule has 6 nitrogen and oxygen atoms in total. The first-order valence-electron chi connectivity index (χ1n) is 12.0. The van der Waals surface area contributed by atoms with Crippen LogP contribution in [0.5, 0.6) is 5.75 Å². The number of amides is 1. The number of aromatic nitrogens is 1. The summed E-state index contributed by atoms with van der Waals surface area (Å²) in [6.45, 7) is 4.56. The third kappa shape index (κ3) is 3.88. The van der Waals surface area contributed by atoms with Crippen LogP contribution in [0.4, 0.5) is 10.1 Å². The molecule has 0 bridgehead atoms. The third-order valence-electron chi connectivity index (χ3n) is 7.35. The number of hydrogen-bond donors (Lipinski definition) is 0. The number of ether oxygens (including phenoxy) is 1. The van der Waals surface area contributed by atoms with Crippen molar-refractivity contribution in [2.45, 2.75) is 44.4 Å². The lowest BCUT2D eigenvalue weighted by Crippen LogP contribution is -2.34. The highest BCUT2D eigenvalue weighted by atomic mass is 19.1. The molecular formula is C26H28FN3O3. The van der Waals surface area contributed by atoms with Crippen molar-refractivity contribution < 1.29 is 18.4 Å². The van der Waals surface area contributed by atoms with Crippen LogP contribution in [0.3, 0.4) is 0 Å². The average Bonchev–Trinajstić information content (AvgIpc) is 3.45. The second-order valence-corrected chi connectivity index (χ2v) is 9.41. The number of hydrogen-bond acceptors (Lipinski definition) is 5. The third-order valence-corrected chi connectivity index (χ3v) is 7.35. The predicted octanol–water partition coefficient (Wildman–Crippen LogP) is 4.45. The molecule has 0 aliphatic carbocycles. The Morgan fingerprint density at radius 2 is 1.88 bits per heavy atom. The molecule has 0 radical (unpaired) electrons. The number of anilines is 1. The van der Waals surface area contributed by atoms with Crippen LogP contribution in [0.25, 0.3) is 11.0 Å². The molecule has 2 aromatic carbocycles. The molecule has 1 saturated heterocycles. The Hall–Kier alpha value is -2.93. The Balaban J connectivity index is 0.993. The van der Waals surface area contributed by atoms with Gasteiger partial charge in [0.25, 0.3) is 0 Å². The van der Waals surface area contributed by atoms with E-state index in [1.165, 1.54) is 23.3 Å². The van der Waals surface area contributed by atoms with E-state index in [4.69, 9.17) is 9.26 Å². The minimum absolute atomic E-state index is 0.254. The van der Waals surface area contributed by atoms with Crippen molar-refractivity contribution in [3.8, 4) is 5.75 Å². The molecule has 33 heavy (non-hydrogen) atoms. The number of fused-ring (bicyclic) bond motifs is 1. The number of halogens is 1. The van der Waals surface area contributed by atoms with E-state index < -0.39 is 0 Å². The van der Waals surface area contributed by atoms with Gasteiger partial charge >= 0.3 is 0 Å². The number of rotatable bonds is 6. The van der Waals surface area contributed by atoms with E-state index in [0.29, 0.717) is 24.5 Å². The van der Waals surface area contributed by atoms with Crippen LogP contribution in [0.15, 0.2) is 34.9 Å². The van der Waals surface area contributed by atoms with Gasteiger partial charge in [0.2, 0.25) is 5.91 Å². The quantitative estimate of drug-likeness (QED) is 0.521. The van der Waals surface area contributed by atoms with Crippen LogP contribution >= 0.6 is 0 Å². The van der Waals surface area contributed by atoms with E-state index in [1.54, 1.807) is 6.07 Å². The first kappa shape index (κ1) is 20.7. The Bertz CT molecular complexity index is 1200. The summed E-state index contributed by atoms with van der Waals surface area (Å²) in [4.78, 5) is 16.5. The molecule has 0 spiro atoms. The first-order valence-corrected chi connectivity index (χ1v) is 12.0. The summed E-state index contributed by atoms with van der Waals surface area (Å²) in [5.41, 5.74) is 5.15. The van der Waals surface area contributed by atoms with Crippen LogP contribution in [0.2, 0.25) is 0 Å². The van der Waals surface area contributed by atoms with E-state index in [2.05, 4.69) is 22.2 Å². The van der Waals surface area contributed by atoms with Crippen LogP contribution in [-0.2, 0) is 17.6 Å². The SMILES string of the molecule is O=C1CCc2cc(OCCCN3CCC(c4noc5cc(F)ccc45)CC3)cc3c2N1CC3. The Labute approximate surface area is 192 Å². The number of nitrogens with zero attached hydrogens (tertiary/aromatic N) is 3. The molecule has 0 unspecified atom stereocenters. The van der Waals surface area contributed by atoms with Crippen molar-refractivity contribution in [2.24, 2.45) is 0 Å². The number of carbonyl (C=O) groups is 1. The lowest BCUT2D eigenvalue weighted by atomic mass is 9.91. The van der Waals surface area contributed by atoms with Gasteiger partial charge in [-0.3, -0.25) is 4.79 Å². The number of aryl methyl sites for hydroxylation is 1. The van der Waals surface area contributed by atoms with Gasteiger partial charge in [-0.1, -0.05) is 5.16 Å². The summed E-state index contributed by atoms with van der Waals surface area (Å²) in [5, 5.41) is 5.18. The number of likely N-dealkylation sites (tertiary alicyclic amines) is 1. The summed E-state index contributed by atoms with van der Waals surface area (Å²) in [7, 11) is 0. The van der Waals surface area contributed by atoms with Gasteiger partial charge in [0.05, 0.1) is 18.0 Å². The zero-order chi connectivity index (χ0) is 22.4. The van der Waals surface area contributed by atoms with Crippen molar-refractivity contribution in [2.75, 3.05) is 37.7 Å². The van der Waals surface area contributed by atoms with E-state index in [0.717, 1.165) is 80.8 Å². The van der Waals surface area contributed by atoms with Crippen LogP contribution in [0.1, 0.15) is 48.4 Å². The lowest BCUT2D eigenvalue weighted by Gasteiger charge is -2.31. The molecule has 3 aliphatic heterocycles. The molecule has 1 amide bonds. The molecule has 3 aromatic rings. The fourth-order valence-corrected chi connectivity index (χ4v) is 5.64. The molecule has 0 N–H and O–H groups in total. The molecule has 3 aliphatic rings. The summed E-state index contributed by atoms with van der Waals surface area (Å²) in [6, 6.07) is 8.92. The van der Waals surface area contributed by atoms with E-state index >= 15 is 0 Å². The molecule has 1 fully saturated rings. The van der Waals surface area contributed by atoms with Crippen molar-refractivity contribution >= 4 is 22.6 Å². The average molecular weight is 450 g/mol. The van der Waals surface area contributed by atoms with Crippen LogP contribution in [0, 0.1) is 5.82 Å². The fraction of sp³-hybridized carbons (Fsp3) is 0.462. The summed E-state index contributed by atoms with van der Waals surface area (Å²) < 4.78 is 24.9. The Morgan fingerprint density at radius 1 is 1.06 bits per heavy atom. The maximum absolute atomic E-state index is 13.4. The van der Waals surface area contributed by atoms with Gasteiger partial charge in [0, 0.05) is 36.9 Å². The maximum atomic E-state index is 13.4. The molecular weight excluding hydrogens is 421 g/mol. The Kier molecular flexibility index (Phi) is 5.29. The maximum Gasteiger partial charge on any atom is 0.227 e. The van der Waals surface area contributed by atoms with Gasteiger partial charge in [0.15, 0.2) is 5.58 Å². The summed E-state index contributed by atoms with van der Waals surface area (Å²) in [6.07, 6.45) is 5.39. The Morgan fingerprint density at radius 3 is 2.73 bits per heavy atom. The molecule has 7 heteroatoms. The standard InChI is InChI=1S/C26H28FN3O3/c27-20-3-4-22-23(16-20)33-28-25(22)17-6-10-29(11-7-17)9-1-13-32-21-14-18-2-5-24(31)30-12-8-19(15-21)26(18)30/h3-4,14-17H,1-2,5-13H2. The monoisotopic (exact) mass is 449 g/mol. The lowest BCUT2D eigenvalue weighted by molar-refractivity contribution is -0.118. The van der Waals surface area contributed by atoms with E-state index in [-0.39, 0.29) is 11.7 Å². The number of carbonyl (C=O) groups excluding carboxylic acids is 1. The second-order valence-electron chi connectivity index (χ2n) is 9.41. The highest BCUT2D eigenvalue weighted by molar-refractivity contribution is 5.98. The van der Waals surface area contributed by atoms with Crippen molar-refractivity contribution in [3.63, 3.8) is 0 Å². The van der Waals surface area contributed by atoms with Gasteiger partial charge in [-0.25, -0.2) is 4.39 Å². The van der Waals surface area contributed by atoms with Crippen LogP contribution in [-0.4, -0.2) is 48.7 Å². The van der Waals surface area contributed by atoms with Crippen molar-refractivity contribution in [1.82, 2.24) is 10.1 Å². The van der Waals surface area contributed by atoms with Crippen LogP contribution < -0.4 is 9.64 Å². The smallest absolute Gasteiger partial charge is 0.227 e. The summed E-state index contributed by atoms with van der Waals surface area (Å²) >= 11 is 0. The molecule has 172 valence electrons. The highest BCUT2D eigenvalue weighted by Gasteiger charge is 2.31. The van der Waals surface area contributed by atoms with E-state index in [1.807, 2.05) is 4.90 Å². The fourth-order valence-electron chi connectivity index (χ4n) is 5.64. The van der Waals surface area contributed by atoms with Gasteiger partial charge in [-0.2, -0.15) is 0 Å². The normalized spacial score (nSPS) is 18.8. The highest BCUT2D eigenvalue weighted by Crippen LogP contribution is 2.39. The second kappa shape index (κ2) is 8.45. The number of benzene rings is 2. The minimum Gasteiger partial charge on any atom is -0.494 e. The van der Waals surface area contributed by atoms with Gasteiger partial charge < -0.3 is 19.1 Å². The molecule has 4 heterocycles. The summed E-state index contributed by atoms with van der Waals surface area (Å²) in [5.74, 6) is 1.26. The van der Waals surface area contributed by atoms with Gasteiger partial charge in [-0.15, -0.1) is 0 Å². The number of piperidine rings is 1. The van der Waals surface area contributed by atoms with Crippen molar-refractivity contribution in [1.29, 1.82) is 0 Å². The van der Waals surface area contributed by atoms with Gasteiger partial charge in [-0.05, 0) is 80.6 Å². The van der Waals surface area contributed by atoms with E-state index in [9.17, 15) is 9.18 Å². The topological polar surface area (TPSA) is 58.8 Å². The first-order chi connectivity index (χ1) is 16.2. The molecule has 1 aromatic heterocycles. The molecule has 0 atom stereocenters. The zero-order valence-electron chi connectivity index (χ0n) is 18.7. The predicted molar refractivity (Wildman–Crippen MR) is 123 cm³/mol.